The van der Waals surface area contributed by atoms with E-state index in [1.54, 1.807) is 7.11 Å². The summed E-state index contributed by atoms with van der Waals surface area (Å²) in [7, 11) is 1.66. The van der Waals surface area contributed by atoms with E-state index in [4.69, 9.17) is 9.84 Å². The molecule has 0 amide bonds. The first-order chi connectivity index (χ1) is 8.95. The van der Waals surface area contributed by atoms with Crippen molar-refractivity contribution in [3.8, 4) is 0 Å². The molecule has 1 aliphatic rings. The summed E-state index contributed by atoms with van der Waals surface area (Å²) in [5, 5.41) is 17.9. The summed E-state index contributed by atoms with van der Waals surface area (Å²) in [6.07, 6.45) is 2.26. The lowest BCUT2D eigenvalue weighted by atomic mass is 10.1. The van der Waals surface area contributed by atoms with Crippen LogP contribution in [0.3, 0.4) is 0 Å². The largest absolute Gasteiger partial charge is 0.481 e. The molecule has 0 aliphatic heterocycles. The SMILES string of the molecule is COCC(C)(C)n1c(SCC(=O)O)nnc1C1CC1. The van der Waals surface area contributed by atoms with E-state index < -0.39 is 5.97 Å². The zero-order valence-corrected chi connectivity index (χ0v) is 12.2. The number of aliphatic carboxylic acids is 1. The molecule has 2 rings (SSSR count). The fourth-order valence-electron chi connectivity index (χ4n) is 2.09. The molecular formula is C12H19N3O3S. The number of methoxy groups -OCH3 is 1. The normalized spacial score (nSPS) is 15.7. The quantitative estimate of drug-likeness (QED) is 0.769. The van der Waals surface area contributed by atoms with Gasteiger partial charge in [-0.25, -0.2) is 0 Å². The van der Waals surface area contributed by atoms with Gasteiger partial charge in [0, 0.05) is 13.0 Å². The molecule has 0 spiro atoms. The summed E-state index contributed by atoms with van der Waals surface area (Å²) >= 11 is 1.21. The minimum absolute atomic E-state index is 0.00807. The van der Waals surface area contributed by atoms with Gasteiger partial charge in [-0.15, -0.1) is 10.2 Å². The smallest absolute Gasteiger partial charge is 0.313 e. The third kappa shape index (κ3) is 3.27. The molecule has 0 atom stereocenters. The number of carbonyl (C=O) groups is 1. The highest BCUT2D eigenvalue weighted by molar-refractivity contribution is 7.99. The van der Waals surface area contributed by atoms with Gasteiger partial charge in [-0.2, -0.15) is 0 Å². The Balaban J connectivity index is 2.30. The molecule has 0 saturated heterocycles. The van der Waals surface area contributed by atoms with Gasteiger partial charge in [0.15, 0.2) is 5.16 Å². The maximum absolute atomic E-state index is 10.7. The molecule has 1 aromatic rings. The van der Waals surface area contributed by atoms with Crippen LogP contribution in [0.15, 0.2) is 5.16 Å². The predicted octanol–water partition coefficient (Wildman–Crippen LogP) is 1.71. The van der Waals surface area contributed by atoms with E-state index in [2.05, 4.69) is 24.0 Å². The summed E-state index contributed by atoms with van der Waals surface area (Å²) in [6, 6.07) is 0. The number of hydrogen-bond donors (Lipinski definition) is 1. The van der Waals surface area contributed by atoms with Crippen molar-refractivity contribution in [2.75, 3.05) is 19.5 Å². The molecule has 1 aromatic heterocycles. The van der Waals surface area contributed by atoms with Gasteiger partial charge in [0.1, 0.15) is 5.82 Å². The maximum atomic E-state index is 10.7. The Morgan fingerprint density at radius 2 is 2.21 bits per heavy atom. The topological polar surface area (TPSA) is 77.2 Å². The number of aromatic nitrogens is 3. The molecule has 1 N–H and O–H groups in total. The summed E-state index contributed by atoms with van der Waals surface area (Å²) < 4.78 is 7.31. The molecule has 0 radical (unpaired) electrons. The van der Waals surface area contributed by atoms with Gasteiger partial charge in [-0.1, -0.05) is 11.8 Å². The Kier molecular flexibility index (Phi) is 4.15. The first-order valence-corrected chi connectivity index (χ1v) is 7.23. The lowest BCUT2D eigenvalue weighted by molar-refractivity contribution is -0.133. The van der Waals surface area contributed by atoms with Gasteiger partial charge in [-0.3, -0.25) is 9.36 Å². The first kappa shape index (κ1) is 14.3. The van der Waals surface area contributed by atoms with Crippen molar-refractivity contribution in [2.45, 2.75) is 43.3 Å². The van der Waals surface area contributed by atoms with E-state index in [9.17, 15) is 4.79 Å². The van der Waals surface area contributed by atoms with Crippen molar-refractivity contribution in [3.63, 3.8) is 0 Å². The van der Waals surface area contributed by atoms with Crippen LogP contribution >= 0.6 is 11.8 Å². The van der Waals surface area contributed by atoms with Crippen molar-refractivity contribution in [1.29, 1.82) is 0 Å². The standard InChI is InChI=1S/C12H19N3O3S/c1-12(2,7-18-3)15-10(8-4-5-8)13-14-11(15)19-6-9(16)17/h8H,4-7H2,1-3H3,(H,16,17). The second kappa shape index (κ2) is 5.50. The van der Waals surface area contributed by atoms with Crippen LogP contribution in [-0.4, -0.2) is 45.3 Å². The van der Waals surface area contributed by atoms with Crippen LogP contribution < -0.4 is 0 Å². The fourth-order valence-corrected chi connectivity index (χ4v) is 2.91. The van der Waals surface area contributed by atoms with Crippen molar-refractivity contribution < 1.29 is 14.6 Å². The molecule has 7 heteroatoms. The molecule has 0 unspecified atom stereocenters. The number of thioether (sulfide) groups is 1. The number of nitrogens with zero attached hydrogens (tertiary/aromatic N) is 3. The molecule has 0 bridgehead atoms. The highest BCUT2D eigenvalue weighted by Crippen LogP contribution is 2.42. The number of ether oxygens (including phenoxy) is 1. The molecule has 1 saturated carbocycles. The van der Waals surface area contributed by atoms with Crippen LogP contribution in [0, 0.1) is 0 Å². The van der Waals surface area contributed by atoms with E-state index in [1.807, 2.05) is 4.57 Å². The second-order valence-corrected chi connectivity index (χ2v) is 6.32. The van der Waals surface area contributed by atoms with E-state index in [-0.39, 0.29) is 11.3 Å². The highest BCUT2D eigenvalue weighted by atomic mass is 32.2. The van der Waals surface area contributed by atoms with Gasteiger partial charge in [0.2, 0.25) is 0 Å². The second-order valence-electron chi connectivity index (χ2n) is 5.38. The fraction of sp³-hybridized carbons (Fsp3) is 0.750. The third-order valence-electron chi connectivity index (χ3n) is 3.03. The van der Waals surface area contributed by atoms with Crippen LogP contribution in [0.25, 0.3) is 0 Å². The van der Waals surface area contributed by atoms with E-state index in [1.165, 1.54) is 11.8 Å². The van der Waals surface area contributed by atoms with Gasteiger partial charge in [-0.05, 0) is 26.7 Å². The Morgan fingerprint density at radius 1 is 1.53 bits per heavy atom. The molecule has 6 nitrogen and oxygen atoms in total. The van der Waals surface area contributed by atoms with Gasteiger partial charge < -0.3 is 9.84 Å². The van der Waals surface area contributed by atoms with Crippen molar-refractivity contribution in [1.82, 2.24) is 14.8 Å². The average molecular weight is 285 g/mol. The maximum Gasteiger partial charge on any atom is 0.313 e. The molecule has 106 valence electrons. The lowest BCUT2D eigenvalue weighted by Gasteiger charge is -2.28. The average Bonchev–Trinajstić information content (AvgIpc) is 3.06. The molecular weight excluding hydrogens is 266 g/mol. The molecule has 19 heavy (non-hydrogen) atoms. The Morgan fingerprint density at radius 3 is 2.74 bits per heavy atom. The van der Waals surface area contributed by atoms with Gasteiger partial charge in [0.05, 0.1) is 17.9 Å². The summed E-state index contributed by atoms with van der Waals surface area (Å²) in [5.74, 6) is 0.557. The molecule has 0 aromatic carbocycles. The van der Waals surface area contributed by atoms with Crippen LogP contribution in [0.2, 0.25) is 0 Å². The van der Waals surface area contributed by atoms with Crippen LogP contribution in [0.1, 0.15) is 38.4 Å². The Labute approximate surface area is 116 Å². The van der Waals surface area contributed by atoms with Crippen LogP contribution in [0.5, 0.6) is 0 Å². The molecule has 1 aliphatic carbocycles. The number of rotatable bonds is 7. The number of hydrogen-bond acceptors (Lipinski definition) is 5. The van der Waals surface area contributed by atoms with E-state index in [0.29, 0.717) is 17.7 Å². The minimum atomic E-state index is -0.850. The van der Waals surface area contributed by atoms with Crippen molar-refractivity contribution in [2.24, 2.45) is 0 Å². The zero-order chi connectivity index (χ0) is 14.0. The molecule has 1 heterocycles. The number of carboxylic acids is 1. The lowest BCUT2D eigenvalue weighted by Crippen LogP contribution is -2.33. The van der Waals surface area contributed by atoms with Crippen LogP contribution in [0.4, 0.5) is 0 Å². The summed E-state index contributed by atoms with van der Waals surface area (Å²) in [4.78, 5) is 10.7. The summed E-state index contributed by atoms with van der Waals surface area (Å²) in [5.41, 5.74) is -0.281. The molecule has 1 fully saturated rings. The number of carboxylic acid groups (broad SMARTS) is 1. The predicted molar refractivity (Wildman–Crippen MR) is 71.6 cm³/mol. The Bertz CT molecular complexity index is 469. The van der Waals surface area contributed by atoms with Crippen molar-refractivity contribution in [3.05, 3.63) is 5.82 Å². The minimum Gasteiger partial charge on any atom is -0.481 e. The Hall–Kier alpha value is -1.08. The summed E-state index contributed by atoms with van der Waals surface area (Å²) in [6.45, 7) is 4.64. The highest BCUT2D eigenvalue weighted by Gasteiger charge is 2.35. The third-order valence-corrected chi connectivity index (χ3v) is 3.94. The van der Waals surface area contributed by atoms with Gasteiger partial charge >= 0.3 is 5.97 Å². The van der Waals surface area contributed by atoms with E-state index in [0.717, 1.165) is 18.7 Å². The monoisotopic (exact) mass is 285 g/mol. The van der Waals surface area contributed by atoms with Gasteiger partial charge in [0.25, 0.3) is 0 Å². The van der Waals surface area contributed by atoms with Crippen molar-refractivity contribution >= 4 is 17.7 Å². The van der Waals surface area contributed by atoms with E-state index >= 15 is 0 Å². The zero-order valence-electron chi connectivity index (χ0n) is 11.4. The van der Waals surface area contributed by atoms with Crippen LogP contribution in [-0.2, 0) is 15.1 Å². The first-order valence-electron chi connectivity index (χ1n) is 6.25.